The van der Waals surface area contributed by atoms with Crippen molar-refractivity contribution in [2.75, 3.05) is 39.2 Å². The van der Waals surface area contributed by atoms with Gasteiger partial charge < -0.3 is 25.2 Å². The highest BCUT2D eigenvalue weighted by Crippen LogP contribution is 2.05. The summed E-state index contributed by atoms with van der Waals surface area (Å²) in [7, 11) is 6.20. The van der Waals surface area contributed by atoms with Gasteiger partial charge in [-0.25, -0.2) is 4.79 Å². The van der Waals surface area contributed by atoms with Crippen molar-refractivity contribution >= 4 is 23.1 Å². The second-order valence-electron chi connectivity index (χ2n) is 6.58. The lowest BCUT2D eigenvalue weighted by Crippen LogP contribution is -2.51. The molecule has 0 heterocycles. The van der Waals surface area contributed by atoms with Crippen LogP contribution in [-0.2, 0) is 20.8 Å². The number of quaternary nitrogens is 1. The van der Waals surface area contributed by atoms with Gasteiger partial charge in [-0.05, 0) is 36.5 Å². The average Bonchev–Trinajstić information content (AvgIpc) is 2.40. The summed E-state index contributed by atoms with van der Waals surface area (Å²) in [6.07, 6.45) is 3.42. The normalized spacial score (nSPS) is 15.5. The zero-order valence-electron chi connectivity index (χ0n) is 14.3. The van der Waals surface area contributed by atoms with Gasteiger partial charge in [-0.15, -0.1) is 0 Å². The van der Waals surface area contributed by atoms with Crippen molar-refractivity contribution in [1.29, 1.82) is 0 Å². The van der Waals surface area contributed by atoms with E-state index in [2.05, 4.69) is 33.0 Å². The molecule has 1 amide bonds. The SMILES string of the molecule is C=CC[S+]([O-])C[C@H](N)C(=O)N[C@@H](CCCC[N+](C)(C)C)C(=O)O. The third kappa shape index (κ3) is 11.1. The number of nitrogens with one attached hydrogen (secondary N) is 1. The first-order chi connectivity index (χ1) is 10.6. The molecule has 0 aliphatic rings. The molecule has 0 saturated heterocycles. The van der Waals surface area contributed by atoms with E-state index in [0.717, 1.165) is 17.4 Å². The van der Waals surface area contributed by atoms with Crippen LogP contribution in [0.1, 0.15) is 19.3 Å². The van der Waals surface area contributed by atoms with Crippen molar-refractivity contribution in [2.24, 2.45) is 5.73 Å². The minimum atomic E-state index is -1.27. The number of carbonyl (C=O) groups excluding carboxylic acids is 1. The third-order valence-electron chi connectivity index (χ3n) is 3.19. The highest BCUT2D eigenvalue weighted by atomic mass is 32.2. The van der Waals surface area contributed by atoms with E-state index in [1.807, 2.05) is 0 Å². The van der Waals surface area contributed by atoms with E-state index in [4.69, 9.17) is 5.73 Å². The summed E-state index contributed by atoms with van der Waals surface area (Å²) in [6.45, 7) is 4.40. The van der Waals surface area contributed by atoms with Gasteiger partial charge in [0.2, 0.25) is 5.91 Å². The summed E-state index contributed by atoms with van der Waals surface area (Å²) >= 11 is -1.27. The Morgan fingerprint density at radius 1 is 1.39 bits per heavy atom. The lowest BCUT2D eigenvalue weighted by Gasteiger charge is -2.24. The molecule has 0 spiro atoms. The molecule has 0 aromatic heterocycles. The number of hydrogen-bond acceptors (Lipinski definition) is 4. The number of aliphatic carboxylic acids is 1. The molecular formula is C15H30N3O4S+. The molecule has 1 unspecified atom stereocenters. The second kappa shape index (κ2) is 10.6. The Morgan fingerprint density at radius 3 is 2.48 bits per heavy atom. The maximum absolute atomic E-state index is 11.9. The van der Waals surface area contributed by atoms with Gasteiger partial charge in [0.1, 0.15) is 23.6 Å². The molecule has 0 aromatic carbocycles. The Bertz CT molecular complexity index is 399. The topological polar surface area (TPSA) is 115 Å². The molecule has 0 saturated carbocycles. The van der Waals surface area contributed by atoms with Gasteiger partial charge in [-0.3, -0.25) is 4.79 Å². The fourth-order valence-corrected chi connectivity index (χ4v) is 2.90. The van der Waals surface area contributed by atoms with Gasteiger partial charge in [-0.2, -0.15) is 0 Å². The first kappa shape index (κ1) is 21.9. The molecule has 7 nitrogen and oxygen atoms in total. The van der Waals surface area contributed by atoms with E-state index in [1.165, 1.54) is 6.08 Å². The third-order valence-corrected chi connectivity index (χ3v) is 4.53. The smallest absolute Gasteiger partial charge is 0.326 e. The van der Waals surface area contributed by atoms with E-state index in [-0.39, 0.29) is 11.5 Å². The predicted molar refractivity (Wildman–Crippen MR) is 92.4 cm³/mol. The molecule has 8 heteroatoms. The van der Waals surface area contributed by atoms with Crippen LogP contribution in [0.3, 0.4) is 0 Å². The number of unbranched alkanes of at least 4 members (excludes halogenated alkanes) is 1. The number of carboxylic acid groups (broad SMARTS) is 1. The van der Waals surface area contributed by atoms with E-state index >= 15 is 0 Å². The van der Waals surface area contributed by atoms with Crippen LogP contribution in [0.4, 0.5) is 0 Å². The quantitative estimate of drug-likeness (QED) is 0.194. The van der Waals surface area contributed by atoms with Gasteiger partial charge in [0.05, 0.1) is 27.7 Å². The summed E-state index contributed by atoms with van der Waals surface area (Å²) in [5.41, 5.74) is 5.67. The highest BCUT2D eigenvalue weighted by Gasteiger charge is 2.25. The van der Waals surface area contributed by atoms with Gasteiger partial charge in [0, 0.05) is 0 Å². The van der Waals surface area contributed by atoms with E-state index in [0.29, 0.717) is 12.8 Å². The molecular weight excluding hydrogens is 318 g/mol. The first-order valence-electron chi connectivity index (χ1n) is 7.62. The van der Waals surface area contributed by atoms with Crippen molar-refractivity contribution in [1.82, 2.24) is 5.32 Å². The Kier molecular flexibility index (Phi) is 10.1. The van der Waals surface area contributed by atoms with E-state index in [1.54, 1.807) is 0 Å². The monoisotopic (exact) mass is 348 g/mol. The highest BCUT2D eigenvalue weighted by molar-refractivity contribution is 7.91. The maximum Gasteiger partial charge on any atom is 0.326 e. The fourth-order valence-electron chi connectivity index (χ4n) is 1.95. The molecule has 0 radical (unpaired) electrons. The zero-order valence-corrected chi connectivity index (χ0v) is 15.1. The number of hydrogen-bond donors (Lipinski definition) is 3. The molecule has 4 N–H and O–H groups in total. The van der Waals surface area contributed by atoms with Crippen LogP contribution in [0.25, 0.3) is 0 Å². The van der Waals surface area contributed by atoms with E-state index < -0.39 is 35.1 Å². The Balaban J connectivity index is 4.32. The van der Waals surface area contributed by atoms with Crippen molar-refractivity contribution in [3.63, 3.8) is 0 Å². The average molecular weight is 348 g/mol. The summed E-state index contributed by atoms with van der Waals surface area (Å²) in [4.78, 5) is 23.2. The van der Waals surface area contributed by atoms with Gasteiger partial charge in [0.15, 0.2) is 0 Å². The summed E-state index contributed by atoms with van der Waals surface area (Å²) in [5.74, 6) is -1.41. The number of nitrogens with two attached hydrogens (primary N) is 1. The van der Waals surface area contributed by atoms with Crippen LogP contribution in [0, 0.1) is 0 Å². The lowest BCUT2D eigenvalue weighted by molar-refractivity contribution is -0.870. The minimum absolute atomic E-state index is 0.00824. The molecule has 134 valence electrons. The molecule has 0 aromatic rings. The van der Waals surface area contributed by atoms with Crippen molar-refractivity contribution < 1.29 is 23.7 Å². The number of amides is 1. The first-order valence-corrected chi connectivity index (χ1v) is 9.10. The molecule has 0 fully saturated rings. The Morgan fingerprint density at radius 2 is 2.00 bits per heavy atom. The molecule has 0 bridgehead atoms. The molecule has 0 aliphatic carbocycles. The standard InChI is InChI=1S/C15H29N3O4S/c1-5-10-23(22)11-12(16)14(19)17-13(15(20)21)8-6-7-9-18(2,3)4/h5,12-13H,1,6-11,16H2,2-4H3,(H-,17,19,20,21)/p+1/t12-,13-,23?/m0/s1. The maximum atomic E-state index is 11.9. The van der Waals surface area contributed by atoms with Gasteiger partial charge in [-0.1, -0.05) is 6.58 Å². The summed E-state index contributed by atoms with van der Waals surface area (Å²) in [6, 6.07) is -1.95. The van der Waals surface area contributed by atoms with Gasteiger partial charge >= 0.3 is 5.97 Å². The Labute approximate surface area is 141 Å². The van der Waals surface area contributed by atoms with Crippen molar-refractivity contribution in [2.45, 2.75) is 31.3 Å². The van der Waals surface area contributed by atoms with Crippen molar-refractivity contribution in [3.05, 3.63) is 12.7 Å². The Hall–Kier alpha value is -1.09. The van der Waals surface area contributed by atoms with Crippen LogP contribution in [-0.4, -0.2) is 77.3 Å². The largest absolute Gasteiger partial charge is 0.616 e. The van der Waals surface area contributed by atoms with Crippen LogP contribution in [0.2, 0.25) is 0 Å². The molecule has 23 heavy (non-hydrogen) atoms. The molecule has 0 aliphatic heterocycles. The van der Waals surface area contributed by atoms with Gasteiger partial charge in [0.25, 0.3) is 0 Å². The molecule has 3 atom stereocenters. The summed E-state index contributed by atoms with van der Waals surface area (Å²) < 4.78 is 12.4. The minimum Gasteiger partial charge on any atom is -0.616 e. The zero-order chi connectivity index (χ0) is 18.0. The van der Waals surface area contributed by atoms with Crippen molar-refractivity contribution in [3.8, 4) is 0 Å². The van der Waals surface area contributed by atoms with Crippen LogP contribution >= 0.6 is 0 Å². The number of carboxylic acids is 1. The molecule has 0 rings (SSSR count). The number of carbonyl (C=O) groups is 2. The lowest BCUT2D eigenvalue weighted by atomic mass is 10.1. The van der Waals surface area contributed by atoms with Crippen LogP contribution in [0.15, 0.2) is 12.7 Å². The fraction of sp³-hybridized carbons (Fsp3) is 0.733. The van der Waals surface area contributed by atoms with Crippen LogP contribution < -0.4 is 11.1 Å². The van der Waals surface area contributed by atoms with E-state index in [9.17, 15) is 19.2 Å². The number of nitrogens with zero attached hydrogens (tertiary/aromatic N) is 1. The number of rotatable bonds is 12. The van der Waals surface area contributed by atoms with Crippen LogP contribution in [0.5, 0.6) is 0 Å². The predicted octanol–water partition coefficient (Wildman–Crippen LogP) is -0.306. The summed E-state index contributed by atoms with van der Waals surface area (Å²) in [5, 5.41) is 11.6. The second-order valence-corrected chi connectivity index (χ2v) is 8.12.